The Morgan fingerprint density at radius 2 is 1.86 bits per heavy atom. The molecular formula is C15H18FN3O2. The lowest BCUT2D eigenvalue weighted by atomic mass is 10.2. The molecule has 3 rings (SSSR count). The zero-order chi connectivity index (χ0) is 14.8. The number of nitrogens with one attached hydrogen (secondary N) is 1. The van der Waals surface area contributed by atoms with Crippen molar-refractivity contribution in [2.45, 2.75) is 25.3 Å². The molecule has 0 aliphatic carbocycles. The predicted molar refractivity (Wildman–Crippen MR) is 76.5 cm³/mol. The molecule has 2 aliphatic heterocycles. The summed E-state index contributed by atoms with van der Waals surface area (Å²) in [4.78, 5) is 27.4. The van der Waals surface area contributed by atoms with E-state index in [1.54, 1.807) is 21.9 Å². The van der Waals surface area contributed by atoms with E-state index in [9.17, 15) is 14.0 Å². The minimum atomic E-state index is -0.329. The minimum Gasteiger partial charge on any atom is -0.333 e. The van der Waals surface area contributed by atoms with Crippen LogP contribution in [0.2, 0.25) is 0 Å². The van der Waals surface area contributed by atoms with Crippen LogP contribution in [-0.2, 0) is 4.79 Å². The second-order valence-corrected chi connectivity index (χ2v) is 5.53. The molecule has 1 atom stereocenters. The molecule has 2 aliphatic rings. The molecule has 5 nitrogen and oxygen atoms in total. The van der Waals surface area contributed by atoms with E-state index < -0.39 is 0 Å². The maximum absolute atomic E-state index is 12.9. The quantitative estimate of drug-likeness (QED) is 0.902. The standard InChI is InChI=1S/C15H18FN3O2/c16-11-3-5-13(6-4-11)19-10-12(9-14(19)20)17-15(21)18-7-1-2-8-18/h3-6,12H,1-2,7-10H2,(H,17,21). The second-order valence-electron chi connectivity index (χ2n) is 5.53. The second kappa shape index (κ2) is 5.71. The van der Waals surface area contributed by atoms with Crippen molar-refractivity contribution in [3.63, 3.8) is 0 Å². The fourth-order valence-electron chi connectivity index (χ4n) is 2.86. The average molecular weight is 291 g/mol. The SMILES string of the molecule is O=C(NC1CC(=O)N(c2ccc(F)cc2)C1)N1CCCC1. The van der Waals surface area contributed by atoms with Crippen molar-refractivity contribution >= 4 is 17.6 Å². The number of likely N-dealkylation sites (tertiary alicyclic amines) is 1. The van der Waals surface area contributed by atoms with Crippen LogP contribution < -0.4 is 10.2 Å². The van der Waals surface area contributed by atoms with Crippen molar-refractivity contribution in [1.82, 2.24) is 10.2 Å². The van der Waals surface area contributed by atoms with Gasteiger partial charge < -0.3 is 15.1 Å². The molecule has 6 heteroatoms. The molecule has 2 saturated heterocycles. The van der Waals surface area contributed by atoms with Crippen molar-refractivity contribution < 1.29 is 14.0 Å². The number of amides is 3. The van der Waals surface area contributed by atoms with Gasteiger partial charge in [-0.15, -0.1) is 0 Å². The van der Waals surface area contributed by atoms with Crippen LogP contribution in [0.5, 0.6) is 0 Å². The van der Waals surface area contributed by atoms with E-state index in [1.807, 2.05) is 0 Å². The lowest BCUT2D eigenvalue weighted by Gasteiger charge is -2.20. The summed E-state index contributed by atoms with van der Waals surface area (Å²) in [6, 6.07) is 5.55. The number of hydrogen-bond donors (Lipinski definition) is 1. The molecule has 0 aromatic heterocycles. The van der Waals surface area contributed by atoms with Gasteiger partial charge in [-0.25, -0.2) is 9.18 Å². The maximum Gasteiger partial charge on any atom is 0.317 e. The van der Waals surface area contributed by atoms with E-state index in [1.165, 1.54) is 12.1 Å². The fraction of sp³-hybridized carbons (Fsp3) is 0.467. The molecule has 2 fully saturated rings. The largest absolute Gasteiger partial charge is 0.333 e. The number of rotatable bonds is 2. The van der Waals surface area contributed by atoms with Crippen molar-refractivity contribution in [1.29, 1.82) is 0 Å². The highest BCUT2D eigenvalue weighted by Gasteiger charge is 2.32. The first kappa shape index (κ1) is 13.9. The Bertz CT molecular complexity index is 540. The highest BCUT2D eigenvalue weighted by atomic mass is 19.1. The van der Waals surface area contributed by atoms with Gasteiger partial charge in [0.05, 0.1) is 6.04 Å². The van der Waals surface area contributed by atoms with E-state index in [2.05, 4.69) is 5.32 Å². The summed E-state index contributed by atoms with van der Waals surface area (Å²) in [6.07, 6.45) is 2.37. The number of nitrogens with zero attached hydrogens (tertiary/aromatic N) is 2. The molecule has 0 saturated carbocycles. The van der Waals surface area contributed by atoms with E-state index in [4.69, 9.17) is 0 Å². The summed E-state index contributed by atoms with van der Waals surface area (Å²) >= 11 is 0. The highest BCUT2D eigenvalue weighted by molar-refractivity contribution is 5.96. The first-order chi connectivity index (χ1) is 10.1. The molecule has 0 bridgehead atoms. The molecular weight excluding hydrogens is 273 g/mol. The smallest absolute Gasteiger partial charge is 0.317 e. The normalized spacial score (nSPS) is 22.0. The van der Waals surface area contributed by atoms with Crippen LogP contribution in [0.4, 0.5) is 14.9 Å². The molecule has 1 aromatic rings. The van der Waals surface area contributed by atoms with Gasteiger partial charge >= 0.3 is 6.03 Å². The summed E-state index contributed by atoms with van der Waals surface area (Å²) in [6.45, 7) is 2.01. The summed E-state index contributed by atoms with van der Waals surface area (Å²) in [5.74, 6) is -0.377. The molecule has 0 spiro atoms. The Hall–Kier alpha value is -2.11. The highest BCUT2D eigenvalue weighted by Crippen LogP contribution is 2.22. The van der Waals surface area contributed by atoms with Gasteiger partial charge in [0.1, 0.15) is 5.82 Å². The van der Waals surface area contributed by atoms with Gasteiger partial charge in [-0.2, -0.15) is 0 Å². The van der Waals surface area contributed by atoms with Crippen molar-refractivity contribution in [2.75, 3.05) is 24.5 Å². The number of halogens is 1. The number of hydrogen-bond acceptors (Lipinski definition) is 2. The van der Waals surface area contributed by atoms with Crippen molar-refractivity contribution in [3.8, 4) is 0 Å². The third-order valence-corrected chi connectivity index (χ3v) is 3.98. The Labute approximate surface area is 122 Å². The third-order valence-electron chi connectivity index (χ3n) is 3.98. The number of urea groups is 1. The molecule has 1 unspecified atom stereocenters. The number of benzene rings is 1. The van der Waals surface area contributed by atoms with Gasteiger partial charge in [-0.05, 0) is 37.1 Å². The van der Waals surface area contributed by atoms with Crippen molar-refractivity contribution in [3.05, 3.63) is 30.1 Å². The lowest BCUT2D eigenvalue weighted by Crippen LogP contribution is -2.44. The Kier molecular flexibility index (Phi) is 3.77. The van der Waals surface area contributed by atoms with Crippen LogP contribution in [0, 0.1) is 5.82 Å². The summed E-state index contributed by atoms with van der Waals surface area (Å²) < 4.78 is 12.9. The molecule has 2 heterocycles. The van der Waals surface area contributed by atoms with Crippen LogP contribution >= 0.6 is 0 Å². The van der Waals surface area contributed by atoms with Crippen LogP contribution in [0.15, 0.2) is 24.3 Å². The van der Waals surface area contributed by atoms with Crippen molar-refractivity contribution in [2.24, 2.45) is 0 Å². The first-order valence-electron chi connectivity index (χ1n) is 7.25. The first-order valence-corrected chi connectivity index (χ1v) is 7.25. The minimum absolute atomic E-state index is 0.0478. The van der Waals surface area contributed by atoms with E-state index in [-0.39, 0.29) is 30.2 Å². The van der Waals surface area contributed by atoms with Crippen LogP contribution in [0.25, 0.3) is 0 Å². The van der Waals surface area contributed by atoms with Crippen LogP contribution in [0.1, 0.15) is 19.3 Å². The van der Waals surface area contributed by atoms with Crippen LogP contribution in [-0.4, -0.2) is 42.5 Å². The van der Waals surface area contributed by atoms with Gasteiger partial charge in [0, 0.05) is 31.7 Å². The third kappa shape index (κ3) is 2.99. The Balaban J connectivity index is 1.61. The number of carbonyl (C=O) groups is 2. The number of carbonyl (C=O) groups excluding carboxylic acids is 2. The van der Waals surface area contributed by atoms with Gasteiger partial charge in [0.25, 0.3) is 0 Å². The predicted octanol–water partition coefficient (Wildman–Crippen LogP) is 1.74. The molecule has 112 valence electrons. The molecule has 0 radical (unpaired) electrons. The molecule has 1 aromatic carbocycles. The van der Waals surface area contributed by atoms with Gasteiger partial charge in [-0.3, -0.25) is 4.79 Å². The summed E-state index contributed by atoms with van der Waals surface area (Å²) in [7, 11) is 0. The van der Waals surface area contributed by atoms with E-state index in [0.717, 1.165) is 25.9 Å². The maximum atomic E-state index is 12.9. The van der Waals surface area contributed by atoms with E-state index >= 15 is 0 Å². The zero-order valence-corrected chi connectivity index (χ0v) is 11.7. The Morgan fingerprint density at radius 1 is 1.19 bits per heavy atom. The van der Waals surface area contributed by atoms with Crippen LogP contribution in [0.3, 0.4) is 0 Å². The lowest BCUT2D eigenvalue weighted by molar-refractivity contribution is -0.117. The molecule has 1 N–H and O–H groups in total. The number of anilines is 1. The summed E-state index contributed by atoms with van der Waals surface area (Å²) in [5, 5.41) is 2.91. The molecule has 3 amide bonds. The van der Waals surface area contributed by atoms with Gasteiger partial charge in [-0.1, -0.05) is 0 Å². The topological polar surface area (TPSA) is 52.7 Å². The fourth-order valence-corrected chi connectivity index (χ4v) is 2.86. The summed E-state index contributed by atoms with van der Waals surface area (Å²) in [5.41, 5.74) is 0.666. The van der Waals surface area contributed by atoms with Gasteiger partial charge in [0.15, 0.2) is 0 Å². The van der Waals surface area contributed by atoms with E-state index in [0.29, 0.717) is 12.2 Å². The van der Waals surface area contributed by atoms with Gasteiger partial charge in [0.2, 0.25) is 5.91 Å². The monoisotopic (exact) mass is 291 g/mol. The Morgan fingerprint density at radius 3 is 2.52 bits per heavy atom. The molecule has 21 heavy (non-hydrogen) atoms. The zero-order valence-electron chi connectivity index (χ0n) is 11.7. The average Bonchev–Trinajstić information content (AvgIpc) is 3.10.